The molecule has 1 fully saturated rings. The van der Waals surface area contributed by atoms with E-state index < -0.39 is 0 Å². The zero-order valence-electron chi connectivity index (χ0n) is 12.5. The van der Waals surface area contributed by atoms with Gasteiger partial charge in [-0.3, -0.25) is 9.48 Å². The summed E-state index contributed by atoms with van der Waals surface area (Å²) in [6, 6.07) is 0. The second kappa shape index (κ2) is 6.15. The van der Waals surface area contributed by atoms with Crippen molar-refractivity contribution in [3.8, 4) is 0 Å². The number of aliphatic hydroxyl groups excluding tert-OH is 1. The lowest BCUT2D eigenvalue weighted by Gasteiger charge is -2.27. The highest BCUT2D eigenvalue weighted by Crippen LogP contribution is 2.24. The van der Waals surface area contributed by atoms with E-state index in [1.807, 2.05) is 7.05 Å². The van der Waals surface area contributed by atoms with Crippen LogP contribution < -0.4 is 5.32 Å². The molecule has 2 N–H and O–H groups in total. The first kappa shape index (κ1) is 14.5. The third-order valence-corrected chi connectivity index (χ3v) is 4.61. The van der Waals surface area contributed by atoms with E-state index in [0.717, 1.165) is 43.4 Å². The second-order valence-corrected chi connectivity index (χ2v) is 6.02. The van der Waals surface area contributed by atoms with Crippen LogP contribution in [-0.2, 0) is 24.8 Å². The number of aromatic nitrogens is 2. The Labute approximate surface area is 124 Å². The number of ether oxygens (including phenoxy) is 1. The van der Waals surface area contributed by atoms with Crippen LogP contribution in [0.2, 0.25) is 0 Å². The van der Waals surface area contributed by atoms with Gasteiger partial charge in [0.2, 0.25) is 0 Å². The highest BCUT2D eigenvalue weighted by atomic mass is 16.5. The number of rotatable bonds is 3. The summed E-state index contributed by atoms with van der Waals surface area (Å²) >= 11 is 0. The quantitative estimate of drug-likeness (QED) is 0.863. The summed E-state index contributed by atoms with van der Waals surface area (Å²) in [6.07, 6.45) is 4.53. The Morgan fingerprint density at radius 1 is 1.48 bits per heavy atom. The molecule has 0 spiro atoms. The van der Waals surface area contributed by atoms with Gasteiger partial charge in [-0.1, -0.05) is 12.8 Å². The van der Waals surface area contributed by atoms with E-state index in [1.54, 1.807) is 4.68 Å². The van der Waals surface area contributed by atoms with Gasteiger partial charge in [0, 0.05) is 37.2 Å². The molecule has 6 nitrogen and oxygen atoms in total. The molecule has 0 bridgehead atoms. The summed E-state index contributed by atoms with van der Waals surface area (Å²) < 4.78 is 7.22. The van der Waals surface area contributed by atoms with Gasteiger partial charge < -0.3 is 15.2 Å². The van der Waals surface area contributed by atoms with Crippen molar-refractivity contribution in [1.29, 1.82) is 0 Å². The van der Waals surface area contributed by atoms with Gasteiger partial charge in [0.1, 0.15) is 0 Å². The molecular formula is C15H23N3O3. The first-order chi connectivity index (χ1) is 10.2. The highest BCUT2D eigenvalue weighted by molar-refractivity contribution is 5.94. The highest BCUT2D eigenvalue weighted by Gasteiger charge is 2.27. The second-order valence-electron chi connectivity index (χ2n) is 6.02. The van der Waals surface area contributed by atoms with Crippen molar-refractivity contribution in [2.75, 3.05) is 13.2 Å². The van der Waals surface area contributed by atoms with Crippen molar-refractivity contribution in [1.82, 2.24) is 15.1 Å². The molecule has 3 rings (SSSR count). The zero-order valence-corrected chi connectivity index (χ0v) is 12.5. The van der Waals surface area contributed by atoms with Crippen molar-refractivity contribution in [2.24, 2.45) is 13.0 Å². The Hall–Kier alpha value is -1.40. The maximum absolute atomic E-state index is 12.4. The average molecular weight is 293 g/mol. The Morgan fingerprint density at radius 2 is 2.29 bits per heavy atom. The van der Waals surface area contributed by atoms with Crippen LogP contribution in [-0.4, -0.2) is 40.0 Å². The predicted octanol–water partition coefficient (Wildman–Crippen LogP) is 0.774. The van der Waals surface area contributed by atoms with Gasteiger partial charge in [-0.25, -0.2) is 0 Å². The maximum atomic E-state index is 12.4. The standard InChI is InChI=1S/C15H23N3O3/c1-18-12-6-7-21-9-11(12)14(17-18)15(20)16-8-10-4-2-3-5-13(10)19/h10,13,19H,2-9H2,1H3,(H,16,20). The van der Waals surface area contributed by atoms with E-state index in [2.05, 4.69) is 10.4 Å². The number of hydrogen-bond acceptors (Lipinski definition) is 4. The minimum atomic E-state index is -0.292. The average Bonchev–Trinajstić information content (AvgIpc) is 2.84. The van der Waals surface area contributed by atoms with Crippen molar-refractivity contribution in [3.05, 3.63) is 17.0 Å². The van der Waals surface area contributed by atoms with Gasteiger partial charge in [-0.05, 0) is 12.8 Å². The van der Waals surface area contributed by atoms with Crippen LogP contribution in [0.15, 0.2) is 0 Å². The predicted molar refractivity (Wildman–Crippen MR) is 76.9 cm³/mol. The number of hydrogen-bond donors (Lipinski definition) is 2. The summed E-state index contributed by atoms with van der Waals surface area (Å²) in [5.41, 5.74) is 2.46. The van der Waals surface area contributed by atoms with Crippen LogP contribution in [0.3, 0.4) is 0 Å². The molecule has 2 atom stereocenters. The van der Waals surface area contributed by atoms with Crippen LogP contribution in [0.4, 0.5) is 0 Å². The Balaban J connectivity index is 1.65. The van der Waals surface area contributed by atoms with E-state index in [1.165, 1.54) is 0 Å². The number of carbonyl (C=O) groups is 1. The van der Waals surface area contributed by atoms with Crippen LogP contribution in [0.1, 0.15) is 47.4 Å². The molecule has 0 saturated heterocycles. The Morgan fingerprint density at radius 3 is 3.10 bits per heavy atom. The Kier molecular flexibility index (Phi) is 4.26. The molecule has 21 heavy (non-hydrogen) atoms. The third kappa shape index (κ3) is 2.96. The zero-order chi connectivity index (χ0) is 14.8. The molecule has 0 radical (unpaired) electrons. The van der Waals surface area contributed by atoms with Crippen molar-refractivity contribution in [2.45, 2.75) is 44.8 Å². The molecule has 1 saturated carbocycles. The minimum Gasteiger partial charge on any atom is -0.393 e. The molecule has 6 heteroatoms. The fourth-order valence-corrected chi connectivity index (χ4v) is 3.33. The topological polar surface area (TPSA) is 76.4 Å². The van der Waals surface area contributed by atoms with E-state index >= 15 is 0 Å². The number of amides is 1. The number of nitrogens with zero attached hydrogens (tertiary/aromatic N) is 2. The smallest absolute Gasteiger partial charge is 0.272 e. The van der Waals surface area contributed by atoms with Crippen LogP contribution in [0, 0.1) is 5.92 Å². The minimum absolute atomic E-state index is 0.157. The normalized spacial score (nSPS) is 25.4. The molecular weight excluding hydrogens is 270 g/mol. The summed E-state index contributed by atoms with van der Waals surface area (Å²) in [5, 5.41) is 17.2. The van der Waals surface area contributed by atoms with Gasteiger partial charge in [-0.15, -0.1) is 0 Å². The van der Waals surface area contributed by atoms with Gasteiger partial charge in [-0.2, -0.15) is 5.10 Å². The molecule has 2 unspecified atom stereocenters. The van der Waals surface area contributed by atoms with Crippen LogP contribution in [0.25, 0.3) is 0 Å². The monoisotopic (exact) mass is 293 g/mol. The summed E-state index contributed by atoms with van der Waals surface area (Å²) in [4.78, 5) is 12.4. The number of nitrogens with one attached hydrogen (secondary N) is 1. The van der Waals surface area contributed by atoms with E-state index in [-0.39, 0.29) is 17.9 Å². The van der Waals surface area contributed by atoms with Gasteiger partial charge in [0.05, 0.1) is 19.3 Å². The number of fused-ring (bicyclic) bond motifs is 1. The van der Waals surface area contributed by atoms with Crippen molar-refractivity contribution < 1.29 is 14.6 Å². The maximum Gasteiger partial charge on any atom is 0.272 e. The summed E-state index contributed by atoms with van der Waals surface area (Å²) in [6.45, 7) is 1.66. The van der Waals surface area contributed by atoms with E-state index in [9.17, 15) is 9.90 Å². The molecule has 2 aliphatic rings. The van der Waals surface area contributed by atoms with E-state index in [0.29, 0.717) is 25.5 Å². The van der Waals surface area contributed by atoms with Crippen LogP contribution >= 0.6 is 0 Å². The molecule has 0 aromatic carbocycles. The lowest BCUT2D eigenvalue weighted by atomic mass is 9.86. The number of aliphatic hydroxyl groups is 1. The molecule has 1 aliphatic carbocycles. The lowest BCUT2D eigenvalue weighted by Crippen LogP contribution is -2.37. The number of carbonyl (C=O) groups excluding carboxylic acids is 1. The molecule has 1 aromatic rings. The lowest BCUT2D eigenvalue weighted by molar-refractivity contribution is 0.0659. The number of aryl methyl sites for hydroxylation is 1. The fourth-order valence-electron chi connectivity index (χ4n) is 3.33. The third-order valence-electron chi connectivity index (χ3n) is 4.61. The first-order valence-electron chi connectivity index (χ1n) is 7.75. The molecule has 1 aromatic heterocycles. The van der Waals surface area contributed by atoms with Gasteiger partial charge >= 0.3 is 0 Å². The SMILES string of the molecule is Cn1nc(C(=O)NCC2CCCCC2O)c2c1CCOC2. The Bertz CT molecular complexity index is 526. The van der Waals surface area contributed by atoms with Crippen LogP contribution in [0.5, 0.6) is 0 Å². The molecule has 1 amide bonds. The fraction of sp³-hybridized carbons (Fsp3) is 0.733. The first-order valence-corrected chi connectivity index (χ1v) is 7.75. The molecule has 1 aliphatic heterocycles. The van der Waals surface area contributed by atoms with Crippen molar-refractivity contribution in [3.63, 3.8) is 0 Å². The summed E-state index contributed by atoms with van der Waals surface area (Å²) in [7, 11) is 1.87. The van der Waals surface area contributed by atoms with Crippen molar-refractivity contribution >= 4 is 5.91 Å². The molecule has 116 valence electrons. The van der Waals surface area contributed by atoms with E-state index in [4.69, 9.17) is 4.74 Å². The van der Waals surface area contributed by atoms with Gasteiger partial charge in [0.15, 0.2) is 5.69 Å². The largest absolute Gasteiger partial charge is 0.393 e. The summed E-state index contributed by atoms with van der Waals surface area (Å²) in [5.74, 6) is 0.00797. The van der Waals surface area contributed by atoms with Gasteiger partial charge in [0.25, 0.3) is 5.91 Å². The molecule has 2 heterocycles.